The molecule has 0 saturated carbocycles. The van der Waals surface area contributed by atoms with E-state index in [0.29, 0.717) is 6.42 Å². The van der Waals surface area contributed by atoms with Gasteiger partial charge < -0.3 is 5.11 Å². The number of carboxylic acids is 1. The number of hydrogen-bond acceptors (Lipinski definition) is 4. The Labute approximate surface area is 134 Å². The quantitative estimate of drug-likeness (QED) is 0.795. The van der Waals surface area contributed by atoms with Crippen molar-refractivity contribution in [2.75, 3.05) is 6.54 Å². The molecule has 1 aromatic heterocycles. The van der Waals surface area contributed by atoms with Gasteiger partial charge in [-0.15, -0.1) is 11.3 Å². The maximum atomic E-state index is 12.0. The molecule has 2 rings (SSSR count). The zero-order valence-electron chi connectivity index (χ0n) is 10.7. The summed E-state index contributed by atoms with van der Waals surface area (Å²) in [4.78, 5) is 11.9. The smallest absolute Gasteiger partial charge is 0.335 e. The fourth-order valence-corrected chi connectivity index (χ4v) is 4.17. The minimum Gasteiger partial charge on any atom is -0.478 e. The van der Waals surface area contributed by atoms with E-state index in [0.717, 1.165) is 8.66 Å². The lowest BCUT2D eigenvalue weighted by atomic mass is 10.2. The third-order valence-corrected chi connectivity index (χ3v) is 5.86. The molecule has 0 radical (unpaired) electrons. The van der Waals surface area contributed by atoms with Gasteiger partial charge in [-0.1, -0.05) is 0 Å². The fraction of sp³-hybridized carbons (Fsp3) is 0.154. The molecule has 5 nitrogen and oxygen atoms in total. The summed E-state index contributed by atoms with van der Waals surface area (Å²) in [6, 6.07) is 8.96. The SMILES string of the molecule is O=C(O)c1ccc(S(=O)(=O)NCCc2ccc(Br)s2)cc1. The first-order valence-corrected chi connectivity index (χ1v) is 9.05. The predicted octanol–water partition coefficient (Wildman–Crippen LogP) is 2.73. The molecule has 0 spiro atoms. The summed E-state index contributed by atoms with van der Waals surface area (Å²) in [6.07, 6.45) is 0.600. The first-order chi connectivity index (χ1) is 9.88. The van der Waals surface area contributed by atoms with E-state index >= 15 is 0 Å². The van der Waals surface area contributed by atoms with Gasteiger partial charge in [-0.05, 0) is 58.7 Å². The molecule has 0 fully saturated rings. The lowest BCUT2D eigenvalue weighted by molar-refractivity contribution is 0.0696. The van der Waals surface area contributed by atoms with Crippen LogP contribution in [0.5, 0.6) is 0 Å². The van der Waals surface area contributed by atoms with Crippen molar-refractivity contribution in [2.24, 2.45) is 0 Å². The molecule has 0 bridgehead atoms. The Kier molecular flexibility index (Phi) is 5.15. The summed E-state index contributed by atoms with van der Waals surface area (Å²) in [7, 11) is -3.62. The zero-order valence-corrected chi connectivity index (χ0v) is 14.0. The molecular formula is C13H12BrNO4S2. The molecule has 0 unspecified atom stereocenters. The van der Waals surface area contributed by atoms with Crippen LogP contribution < -0.4 is 4.72 Å². The maximum absolute atomic E-state index is 12.0. The number of thiophene rings is 1. The third-order valence-electron chi connectivity index (χ3n) is 2.70. The van der Waals surface area contributed by atoms with Crippen LogP contribution in [-0.4, -0.2) is 26.0 Å². The van der Waals surface area contributed by atoms with Crippen molar-refractivity contribution in [2.45, 2.75) is 11.3 Å². The van der Waals surface area contributed by atoms with Crippen LogP contribution in [0.1, 0.15) is 15.2 Å². The topological polar surface area (TPSA) is 83.5 Å². The number of hydrogen-bond donors (Lipinski definition) is 2. The van der Waals surface area contributed by atoms with E-state index in [1.807, 2.05) is 12.1 Å². The van der Waals surface area contributed by atoms with Gasteiger partial charge in [-0.3, -0.25) is 0 Å². The number of carbonyl (C=O) groups is 1. The van der Waals surface area contributed by atoms with Crippen LogP contribution in [0.2, 0.25) is 0 Å². The molecule has 1 heterocycles. The van der Waals surface area contributed by atoms with Crippen molar-refractivity contribution in [1.29, 1.82) is 0 Å². The number of carboxylic acid groups (broad SMARTS) is 1. The average Bonchev–Trinajstić information content (AvgIpc) is 2.84. The highest BCUT2D eigenvalue weighted by Crippen LogP contribution is 2.22. The summed E-state index contributed by atoms with van der Waals surface area (Å²) in [6.45, 7) is 0.288. The van der Waals surface area contributed by atoms with Crippen molar-refractivity contribution in [3.8, 4) is 0 Å². The molecule has 8 heteroatoms. The molecule has 1 aromatic carbocycles. The number of sulfonamides is 1. The van der Waals surface area contributed by atoms with Crippen molar-refractivity contribution in [3.63, 3.8) is 0 Å². The summed E-state index contributed by atoms with van der Waals surface area (Å²) in [5, 5.41) is 8.78. The molecule has 112 valence electrons. The lowest BCUT2D eigenvalue weighted by Crippen LogP contribution is -2.25. The third kappa shape index (κ3) is 4.37. The van der Waals surface area contributed by atoms with Gasteiger partial charge in [-0.25, -0.2) is 17.9 Å². The second-order valence-electron chi connectivity index (χ2n) is 4.18. The highest BCUT2D eigenvalue weighted by molar-refractivity contribution is 9.11. The average molecular weight is 390 g/mol. The van der Waals surface area contributed by atoms with E-state index < -0.39 is 16.0 Å². The molecule has 0 atom stereocenters. The molecule has 21 heavy (non-hydrogen) atoms. The number of benzene rings is 1. The second-order valence-corrected chi connectivity index (χ2v) is 8.50. The van der Waals surface area contributed by atoms with E-state index in [4.69, 9.17) is 5.11 Å². The lowest BCUT2D eigenvalue weighted by Gasteiger charge is -2.06. The van der Waals surface area contributed by atoms with Crippen molar-refractivity contribution < 1.29 is 18.3 Å². The van der Waals surface area contributed by atoms with E-state index in [1.54, 1.807) is 11.3 Å². The molecule has 0 aliphatic carbocycles. The van der Waals surface area contributed by atoms with Gasteiger partial charge in [0.15, 0.2) is 0 Å². The van der Waals surface area contributed by atoms with Crippen LogP contribution in [0.25, 0.3) is 0 Å². The Morgan fingerprint density at radius 2 is 1.86 bits per heavy atom. The molecule has 0 saturated heterocycles. The van der Waals surface area contributed by atoms with Crippen LogP contribution in [0.4, 0.5) is 0 Å². The van der Waals surface area contributed by atoms with Crippen LogP contribution in [0, 0.1) is 0 Å². The van der Waals surface area contributed by atoms with Gasteiger partial charge in [0.1, 0.15) is 0 Å². The van der Waals surface area contributed by atoms with Crippen molar-refractivity contribution in [3.05, 3.63) is 50.6 Å². The molecular weight excluding hydrogens is 378 g/mol. The Morgan fingerprint density at radius 1 is 1.19 bits per heavy atom. The predicted molar refractivity (Wildman–Crippen MR) is 84.3 cm³/mol. The highest BCUT2D eigenvalue weighted by Gasteiger charge is 2.14. The Bertz CT molecular complexity index is 738. The summed E-state index contributed by atoms with van der Waals surface area (Å²) in [5.74, 6) is -1.09. The molecule has 0 aliphatic rings. The Morgan fingerprint density at radius 3 is 2.38 bits per heavy atom. The van der Waals surface area contributed by atoms with E-state index in [9.17, 15) is 13.2 Å². The van der Waals surface area contributed by atoms with Gasteiger partial charge in [0, 0.05) is 11.4 Å². The standard InChI is InChI=1S/C13H12BrNO4S2/c14-12-6-3-10(20-12)7-8-15-21(18,19)11-4-1-9(2-5-11)13(16)17/h1-6,15H,7-8H2,(H,16,17). The van der Waals surface area contributed by atoms with Gasteiger partial charge in [0.05, 0.1) is 14.2 Å². The largest absolute Gasteiger partial charge is 0.478 e. The summed E-state index contributed by atoms with van der Waals surface area (Å²) >= 11 is 4.91. The van der Waals surface area contributed by atoms with Gasteiger partial charge in [0.2, 0.25) is 10.0 Å². The van der Waals surface area contributed by atoms with E-state index in [1.165, 1.54) is 24.3 Å². The minimum atomic E-state index is -3.62. The number of rotatable bonds is 6. The van der Waals surface area contributed by atoms with E-state index in [-0.39, 0.29) is 17.0 Å². The summed E-state index contributed by atoms with van der Waals surface area (Å²) < 4.78 is 27.6. The van der Waals surface area contributed by atoms with Gasteiger partial charge >= 0.3 is 5.97 Å². The molecule has 2 N–H and O–H groups in total. The first-order valence-electron chi connectivity index (χ1n) is 5.96. The maximum Gasteiger partial charge on any atom is 0.335 e. The first kappa shape index (κ1) is 16.2. The monoisotopic (exact) mass is 389 g/mol. The second kappa shape index (κ2) is 6.69. The fourth-order valence-electron chi connectivity index (χ4n) is 1.65. The highest BCUT2D eigenvalue weighted by atomic mass is 79.9. The van der Waals surface area contributed by atoms with Crippen LogP contribution in [0.3, 0.4) is 0 Å². The number of aromatic carboxylic acids is 1. The Balaban J connectivity index is 1.99. The van der Waals surface area contributed by atoms with Crippen molar-refractivity contribution >= 4 is 43.3 Å². The van der Waals surface area contributed by atoms with Gasteiger partial charge in [-0.2, -0.15) is 0 Å². The van der Waals surface area contributed by atoms with Gasteiger partial charge in [0.25, 0.3) is 0 Å². The minimum absolute atomic E-state index is 0.0531. The zero-order chi connectivity index (χ0) is 15.5. The van der Waals surface area contributed by atoms with Crippen LogP contribution in [0.15, 0.2) is 45.1 Å². The molecule has 0 aliphatic heterocycles. The van der Waals surface area contributed by atoms with Crippen LogP contribution >= 0.6 is 27.3 Å². The van der Waals surface area contributed by atoms with Crippen LogP contribution in [-0.2, 0) is 16.4 Å². The summed E-state index contributed by atoms with van der Waals surface area (Å²) in [5.41, 5.74) is 0.0531. The molecule has 2 aromatic rings. The normalized spacial score (nSPS) is 11.5. The number of nitrogens with one attached hydrogen (secondary N) is 1. The molecule has 0 amide bonds. The van der Waals surface area contributed by atoms with Crippen molar-refractivity contribution in [1.82, 2.24) is 4.72 Å². The number of halogens is 1. The van der Waals surface area contributed by atoms with E-state index in [2.05, 4.69) is 20.7 Å². The Hall–Kier alpha value is -1.22.